The summed E-state index contributed by atoms with van der Waals surface area (Å²) in [4.78, 5) is 41.7. The Balaban J connectivity index is 1.12. The van der Waals surface area contributed by atoms with Gasteiger partial charge in [0.25, 0.3) is 5.91 Å². The van der Waals surface area contributed by atoms with Crippen LogP contribution in [0.1, 0.15) is 66.1 Å². The summed E-state index contributed by atoms with van der Waals surface area (Å²) in [6, 6.07) is 27.0. The van der Waals surface area contributed by atoms with Gasteiger partial charge in [0.1, 0.15) is 0 Å². The number of carbonyl (C=O) groups is 3. The molecule has 6 rings (SSSR count). The lowest BCUT2D eigenvalue weighted by Gasteiger charge is -2.42. The average Bonchev–Trinajstić information content (AvgIpc) is 3.51. The number of hydrogen-bond donors (Lipinski definition) is 3. The lowest BCUT2D eigenvalue weighted by molar-refractivity contribution is -0.138. The molecule has 0 unspecified atom stereocenters. The largest absolute Gasteiger partial charge is 0.449 e. The van der Waals surface area contributed by atoms with Gasteiger partial charge in [0.05, 0.1) is 18.6 Å². The second-order valence-corrected chi connectivity index (χ2v) is 11.9. The maximum Gasteiger partial charge on any atom is 0.407 e. The Bertz CT molecular complexity index is 1420. The number of rotatable bonds is 8. The number of nitrogens with zero attached hydrogens (tertiary/aromatic N) is 1. The summed E-state index contributed by atoms with van der Waals surface area (Å²) in [5, 5.41) is 9.70. The molecule has 0 spiro atoms. The Hall–Kier alpha value is -4.33. The maximum absolute atomic E-state index is 14.3. The van der Waals surface area contributed by atoms with Gasteiger partial charge in [-0.25, -0.2) is 4.79 Å². The molecule has 1 saturated carbocycles. The highest BCUT2D eigenvalue weighted by Gasteiger charge is 2.48. The fourth-order valence-electron chi connectivity index (χ4n) is 7.12. The van der Waals surface area contributed by atoms with Crippen LogP contribution in [0.5, 0.6) is 0 Å². The van der Waals surface area contributed by atoms with E-state index >= 15 is 0 Å². The van der Waals surface area contributed by atoms with Gasteiger partial charge in [-0.1, -0.05) is 79.6 Å². The Morgan fingerprint density at radius 1 is 0.860 bits per heavy atom. The third-order valence-electron chi connectivity index (χ3n) is 9.24. The van der Waals surface area contributed by atoms with Crippen molar-refractivity contribution in [2.75, 3.05) is 18.5 Å². The topological polar surface area (TPSA) is 99.8 Å². The van der Waals surface area contributed by atoms with Crippen molar-refractivity contribution in [3.8, 4) is 0 Å². The van der Waals surface area contributed by atoms with Gasteiger partial charge in [-0.3, -0.25) is 9.59 Å². The van der Waals surface area contributed by atoms with E-state index in [2.05, 4.69) is 33.0 Å². The summed E-state index contributed by atoms with van der Waals surface area (Å²) in [6.45, 7) is 1.38. The first-order valence-electron chi connectivity index (χ1n) is 15.5. The summed E-state index contributed by atoms with van der Waals surface area (Å²) < 4.78 is 5.55. The van der Waals surface area contributed by atoms with E-state index in [4.69, 9.17) is 4.74 Å². The molecule has 1 saturated heterocycles. The molecule has 1 aliphatic carbocycles. The molecule has 2 fully saturated rings. The van der Waals surface area contributed by atoms with Gasteiger partial charge in [0.15, 0.2) is 0 Å². The molecule has 43 heavy (non-hydrogen) atoms. The van der Waals surface area contributed by atoms with E-state index in [-0.39, 0.29) is 48.4 Å². The highest BCUT2D eigenvalue weighted by Crippen LogP contribution is 2.48. The summed E-state index contributed by atoms with van der Waals surface area (Å²) in [5.74, 6) is -0.0182. The molecule has 2 heterocycles. The van der Waals surface area contributed by atoms with Crippen LogP contribution in [0.2, 0.25) is 0 Å². The van der Waals surface area contributed by atoms with Gasteiger partial charge in [-0.2, -0.15) is 0 Å². The highest BCUT2D eigenvalue weighted by atomic mass is 16.5. The van der Waals surface area contributed by atoms with E-state index in [1.165, 1.54) is 0 Å². The van der Waals surface area contributed by atoms with Crippen LogP contribution in [0.25, 0.3) is 0 Å². The van der Waals surface area contributed by atoms with E-state index in [0.717, 1.165) is 48.9 Å². The molecule has 3 aliphatic rings. The highest BCUT2D eigenvalue weighted by molar-refractivity contribution is 5.95. The lowest BCUT2D eigenvalue weighted by Crippen LogP contribution is -2.50. The number of para-hydroxylation sites is 1. The number of ether oxygens (including phenoxy) is 1. The smallest absolute Gasteiger partial charge is 0.407 e. The number of fused-ring (bicyclic) bond motifs is 3. The molecule has 3 aromatic carbocycles. The van der Waals surface area contributed by atoms with E-state index in [1.807, 2.05) is 72.8 Å². The van der Waals surface area contributed by atoms with Crippen LogP contribution >= 0.6 is 0 Å². The molecule has 0 bridgehead atoms. The summed E-state index contributed by atoms with van der Waals surface area (Å²) in [6.07, 6.45) is 4.67. The summed E-state index contributed by atoms with van der Waals surface area (Å²) in [5.41, 5.74) is 3.80. The number of benzene rings is 3. The average molecular weight is 581 g/mol. The van der Waals surface area contributed by atoms with E-state index in [9.17, 15) is 14.4 Å². The number of nitrogens with one attached hydrogen (secondary N) is 3. The summed E-state index contributed by atoms with van der Waals surface area (Å²) in [7, 11) is 0. The molecular weight excluding hydrogens is 540 g/mol. The van der Waals surface area contributed by atoms with E-state index < -0.39 is 6.09 Å². The van der Waals surface area contributed by atoms with Crippen LogP contribution < -0.4 is 16.0 Å². The Kier molecular flexibility index (Phi) is 8.91. The zero-order chi connectivity index (χ0) is 29.6. The van der Waals surface area contributed by atoms with Crippen LogP contribution in [-0.4, -0.2) is 48.0 Å². The van der Waals surface area contributed by atoms with Crippen molar-refractivity contribution in [2.24, 2.45) is 11.8 Å². The van der Waals surface area contributed by atoms with Crippen molar-refractivity contribution >= 4 is 23.6 Å². The molecule has 0 radical (unpaired) electrons. The quantitative estimate of drug-likeness (QED) is 0.319. The summed E-state index contributed by atoms with van der Waals surface area (Å²) >= 11 is 0. The van der Waals surface area contributed by atoms with Crippen LogP contribution in [0.3, 0.4) is 0 Å². The van der Waals surface area contributed by atoms with Crippen molar-refractivity contribution in [1.82, 2.24) is 15.5 Å². The number of carbonyl (C=O) groups excluding carboxylic acids is 3. The van der Waals surface area contributed by atoms with Gasteiger partial charge in [-0.15, -0.1) is 0 Å². The van der Waals surface area contributed by atoms with Crippen molar-refractivity contribution < 1.29 is 19.1 Å². The second kappa shape index (κ2) is 13.3. The first-order valence-corrected chi connectivity index (χ1v) is 15.5. The van der Waals surface area contributed by atoms with Crippen LogP contribution in [0, 0.1) is 11.8 Å². The monoisotopic (exact) mass is 580 g/mol. The molecule has 5 atom stereocenters. The van der Waals surface area contributed by atoms with Gasteiger partial charge in [0, 0.05) is 48.8 Å². The van der Waals surface area contributed by atoms with Crippen molar-refractivity contribution in [3.63, 3.8) is 0 Å². The number of amides is 3. The molecule has 0 aromatic heterocycles. The molecule has 8 nitrogen and oxygen atoms in total. The minimum Gasteiger partial charge on any atom is -0.449 e. The van der Waals surface area contributed by atoms with Gasteiger partial charge < -0.3 is 25.6 Å². The van der Waals surface area contributed by atoms with E-state index in [1.54, 1.807) is 0 Å². The second-order valence-electron chi connectivity index (χ2n) is 11.9. The number of alkyl carbamates (subject to hydrolysis) is 1. The predicted octanol–water partition coefficient (Wildman–Crippen LogP) is 5.68. The maximum atomic E-state index is 14.3. The Labute approximate surface area is 253 Å². The first-order chi connectivity index (χ1) is 21.1. The van der Waals surface area contributed by atoms with Crippen LogP contribution in [0.15, 0.2) is 84.9 Å². The lowest BCUT2D eigenvalue weighted by atomic mass is 9.80. The Morgan fingerprint density at radius 3 is 2.40 bits per heavy atom. The minimum absolute atomic E-state index is 0.0470. The fourth-order valence-corrected chi connectivity index (χ4v) is 7.12. The molecule has 2 aliphatic heterocycles. The zero-order valence-corrected chi connectivity index (χ0v) is 24.4. The van der Waals surface area contributed by atoms with Gasteiger partial charge in [0.2, 0.25) is 5.91 Å². The van der Waals surface area contributed by atoms with Crippen LogP contribution in [0.4, 0.5) is 10.5 Å². The van der Waals surface area contributed by atoms with Crippen molar-refractivity contribution in [1.29, 1.82) is 0 Å². The van der Waals surface area contributed by atoms with Crippen molar-refractivity contribution in [3.05, 3.63) is 102 Å². The molecule has 224 valence electrons. The van der Waals surface area contributed by atoms with Crippen molar-refractivity contribution in [2.45, 2.75) is 63.2 Å². The normalized spacial score (nSPS) is 24.2. The number of hydrogen-bond acceptors (Lipinski definition) is 5. The standard InChI is InChI=1S/C35H40N4O4/c40-33(25-13-5-2-6-14-25)38-30-18-10-8-16-28(30)34(41)39-21-19-27-31(37-29-17-9-7-15-26(29)32(27)39)20-22-43-35(42)36-23-24-11-3-1-4-12-24/h1-7,9,11-15,17,27-28,30-32,37H,8,10,16,18-23H2,(H,36,42)(H,38,40)/t27-,28+,30-,31+,32+/m1/s1. The zero-order valence-electron chi connectivity index (χ0n) is 24.4. The van der Waals surface area contributed by atoms with E-state index in [0.29, 0.717) is 25.1 Å². The molecule has 3 aromatic rings. The molecular formula is C35H40N4O4. The van der Waals surface area contributed by atoms with Gasteiger partial charge in [-0.05, 0) is 48.6 Å². The predicted molar refractivity (Wildman–Crippen MR) is 165 cm³/mol. The first kappa shape index (κ1) is 28.8. The molecule has 8 heteroatoms. The Morgan fingerprint density at radius 2 is 1.58 bits per heavy atom. The van der Waals surface area contributed by atoms with Gasteiger partial charge >= 0.3 is 6.09 Å². The molecule has 3 N–H and O–H groups in total. The molecule has 3 amide bonds. The number of likely N-dealkylation sites (tertiary alicyclic amines) is 1. The minimum atomic E-state index is -0.430. The van der Waals surface area contributed by atoms with Crippen LogP contribution in [-0.2, 0) is 16.1 Å². The fraction of sp³-hybridized carbons (Fsp3) is 0.400. The third-order valence-corrected chi connectivity index (χ3v) is 9.24. The number of anilines is 1. The third kappa shape index (κ3) is 6.53. The SMILES string of the molecule is O=C(NCc1ccccc1)OCC[C@@H]1Nc2ccccc2[C@H]2[C@@H]1CCN2C(=O)[C@H]1CCCC[C@H]1NC(=O)c1ccccc1.